The number of halogens is 9. The van der Waals surface area contributed by atoms with Gasteiger partial charge in [-0.1, -0.05) is 5.21 Å². The van der Waals surface area contributed by atoms with E-state index in [1.54, 1.807) is 6.07 Å². The van der Waals surface area contributed by atoms with Crippen LogP contribution in [0, 0.1) is 17.8 Å². The number of amides is 2. The molecule has 19 heteroatoms. The van der Waals surface area contributed by atoms with Gasteiger partial charge in [0.1, 0.15) is 5.69 Å². The highest BCUT2D eigenvalue weighted by Crippen LogP contribution is 2.55. The van der Waals surface area contributed by atoms with E-state index < -0.39 is 98.3 Å². The van der Waals surface area contributed by atoms with Crippen molar-refractivity contribution in [2.24, 2.45) is 17.8 Å². The molecule has 48 heavy (non-hydrogen) atoms. The van der Waals surface area contributed by atoms with Crippen LogP contribution in [-0.4, -0.2) is 65.4 Å². The first-order valence-corrected chi connectivity index (χ1v) is 15.5. The molecule has 0 radical (unpaired) electrons. The summed E-state index contributed by atoms with van der Waals surface area (Å²) >= 11 is 0. The molecule has 0 saturated heterocycles. The first kappa shape index (κ1) is 34.0. The maximum atomic E-state index is 14.1. The SMILES string of the molecule is O=C(CCC(F)(F)F)N[C@@H](c1cnn2cc([C@@H](NC(=O)c3cnnn3CC3CC(F)(F)C3(F)F)C3CCC(F)(F)CC3)nc2c1)C1CC1. The molecule has 3 aliphatic rings. The number of fused-ring (bicyclic) bond motifs is 1. The zero-order valence-corrected chi connectivity index (χ0v) is 25.2. The van der Waals surface area contributed by atoms with Crippen LogP contribution in [-0.2, 0) is 11.3 Å². The fraction of sp³-hybridized carbons (Fsp3) is 0.655. The average molecular weight is 695 g/mol. The number of alkyl halides is 9. The molecule has 0 aliphatic heterocycles. The molecule has 6 rings (SSSR count). The molecule has 3 aromatic rings. The lowest BCUT2D eigenvalue weighted by Gasteiger charge is -2.43. The summed E-state index contributed by atoms with van der Waals surface area (Å²) in [6, 6.07) is -0.00142. The van der Waals surface area contributed by atoms with Crippen molar-refractivity contribution in [3.05, 3.63) is 41.6 Å². The van der Waals surface area contributed by atoms with Gasteiger partial charge in [-0.2, -0.15) is 35.8 Å². The zero-order valence-electron chi connectivity index (χ0n) is 25.2. The highest BCUT2D eigenvalue weighted by atomic mass is 19.4. The topological polar surface area (TPSA) is 119 Å². The molecule has 0 bridgehead atoms. The third-order valence-electron chi connectivity index (χ3n) is 9.35. The molecule has 3 aromatic heterocycles. The molecule has 2 N–H and O–H groups in total. The summed E-state index contributed by atoms with van der Waals surface area (Å²) in [7, 11) is 0. The van der Waals surface area contributed by atoms with Crippen LogP contribution >= 0.6 is 0 Å². The van der Waals surface area contributed by atoms with E-state index in [0.29, 0.717) is 5.56 Å². The second kappa shape index (κ2) is 12.2. The van der Waals surface area contributed by atoms with Crippen molar-refractivity contribution < 1.29 is 49.1 Å². The Labute approximate surface area is 266 Å². The van der Waals surface area contributed by atoms with E-state index >= 15 is 0 Å². The molecule has 3 heterocycles. The Morgan fingerprint density at radius 1 is 0.958 bits per heavy atom. The van der Waals surface area contributed by atoms with Crippen LogP contribution in [0.25, 0.3) is 5.65 Å². The van der Waals surface area contributed by atoms with Crippen LogP contribution in [0.1, 0.15) is 91.6 Å². The molecule has 0 aromatic carbocycles. The first-order valence-electron chi connectivity index (χ1n) is 15.5. The van der Waals surface area contributed by atoms with Gasteiger partial charge in [0.25, 0.3) is 5.91 Å². The van der Waals surface area contributed by atoms with E-state index in [-0.39, 0.29) is 35.8 Å². The standard InChI is InChI=1S/C29H31F9N8O2/c30-26(31)6-3-16(4-7-26)24(43-25(48)20-12-39-44-45(20)13-18-10-27(32,33)29(18,37)38)19-14-46-21(41-19)9-17(11-40-46)23(15-1-2-15)42-22(47)5-8-28(34,35)36/h9,11-12,14-16,18,23-24H,1-8,10,13H2,(H,42,47)(H,43,48)/t18?,23-,24+/m1/s1. The quantitative estimate of drug-likeness (QED) is 0.245. The van der Waals surface area contributed by atoms with Gasteiger partial charge >= 0.3 is 18.0 Å². The second-order valence-corrected chi connectivity index (χ2v) is 12.9. The molecule has 10 nitrogen and oxygen atoms in total. The van der Waals surface area contributed by atoms with E-state index in [9.17, 15) is 49.1 Å². The first-order chi connectivity index (χ1) is 22.4. The summed E-state index contributed by atoms with van der Waals surface area (Å²) in [6.07, 6.45) is -3.15. The molecular weight excluding hydrogens is 663 g/mol. The maximum absolute atomic E-state index is 14.1. The van der Waals surface area contributed by atoms with Gasteiger partial charge in [-0.05, 0) is 49.1 Å². The van der Waals surface area contributed by atoms with Crippen molar-refractivity contribution >= 4 is 17.5 Å². The second-order valence-electron chi connectivity index (χ2n) is 12.9. The largest absolute Gasteiger partial charge is 0.389 e. The van der Waals surface area contributed by atoms with Crippen LogP contribution in [0.3, 0.4) is 0 Å². The van der Waals surface area contributed by atoms with Crippen LogP contribution in [0.5, 0.6) is 0 Å². The Bertz CT molecular complexity index is 1660. The van der Waals surface area contributed by atoms with E-state index in [2.05, 4.69) is 31.0 Å². The van der Waals surface area contributed by atoms with Gasteiger partial charge < -0.3 is 10.6 Å². The lowest BCUT2D eigenvalue weighted by atomic mass is 9.76. The van der Waals surface area contributed by atoms with Crippen molar-refractivity contribution in [2.75, 3.05) is 0 Å². The minimum absolute atomic E-state index is 0.000893. The van der Waals surface area contributed by atoms with Crippen LogP contribution in [0.2, 0.25) is 0 Å². The van der Waals surface area contributed by atoms with Gasteiger partial charge in [0, 0.05) is 25.7 Å². The fourth-order valence-electron chi connectivity index (χ4n) is 6.38. The van der Waals surface area contributed by atoms with Crippen molar-refractivity contribution in [3.8, 4) is 0 Å². The molecule has 262 valence electrons. The summed E-state index contributed by atoms with van der Waals surface area (Å²) in [5, 5.41) is 16.9. The summed E-state index contributed by atoms with van der Waals surface area (Å²) in [6.45, 7) is -0.707. The van der Waals surface area contributed by atoms with Crippen molar-refractivity contribution in [2.45, 2.75) is 100 Å². The minimum atomic E-state index is -4.49. The van der Waals surface area contributed by atoms with E-state index in [1.807, 2.05) is 0 Å². The number of nitrogens with zero attached hydrogens (tertiary/aromatic N) is 6. The normalized spacial score (nSPS) is 23.3. The molecular formula is C29H31F9N8O2. The monoisotopic (exact) mass is 694 g/mol. The molecule has 3 saturated carbocycles. The molecule has 3 aliphatic carbocycles. The van der Waals surface area contributed by atoms with Gasteiger partial charge in [0.15, 0.2) is 5.65 Å². The summed E-state index contributed by atoms with van der Waals surface area (Å²) in [5.74, 6) is -15.3. The van der Waals surface area contributed by atoms with E-state index in [0.717, 1.165) is 23.7 Å². The molecule has 2 amide bonds. The fourth-order valence-corrected chi connectivity index (χ4v) is 6.38. The van der Waals surface area contributed by atoms with Crippen LogP contribution in [0.4, 0.5) is 39.5 Å². The Morgan fingerprint density at radius 3 is 2.27 bits per heavy atom. The van der Waals surface area contributed by atoms with Gasteiger partial charge in [0.05, 0.1) is 55.3 Å². The summed E-state index contributed by atoms with van der Waals surface area (Å²) < 4.78 is 123. The number of hydrogen-bond acceptors (Lipinski definition) is 6. The summed E-state index contributed by atoms with van der Waals surface area (Å²) in [5.41, 5.74) is 0.668. The number of carbonyl (C=O) groups is 2. The van der Waals surface area contributed by atoms with Crippen molar-refractivity contribution in [1.82, 2.24) is 40.2 Å². The minimum Gasteiger partial charge on any atom is -0.349 e. The molecule has 0 spiro atoms. The maximum Gasteiger partial charge on any atom is 0.389 e. The Hall–Kier alpha value is -3.93. The van der Waals surface area contributed by atoms with E-state index in [1.165, 1.54) is 16.9 Å². The Kier molecular flexibility index (Phi) is 8.62. The smallest absolute Gasteiger partial charge is 0.349 e. The molecule has 3 atom stereocenters. The van der Waals surface area contributed by atoms with Gasteiger partial charge in [-0.15, -0.1) is 5.10 Å². The van der Waals surface area contributed by atoms with Gasteiger partial charge in [-0.3, -0.25) is 9.59 Å². The molecule has 1 unspecified atom stereocenters. The number of aromatic nitrogens is 6. The lowest BCUT2D eigenvalue weighted by Crippen LogP contribution is -2.60. The zero-order chi connectivity index (χ0) is 34.6. The third-order valence-corrected chi connectivity index (χ3v) is 9.35. The van der Waals surface area contributed by atoms with Gasteiger partial charge in [-0.25, -0.2) is 23.0 Å². The lowest BCUT2D eigenvalue weighted by molar-refractivity contribution is -0.316. The summed E-state index contributed by atoms with van der Waals surface area (Å²) in [4.78, 5) is 30.4. The number of carbonyl (C=O) groups excluding carboxylic acids is 2. The third kappa shape index (κ3) is 7.09. The van der Waals surface area contributed by atoms with Crippen molar-refractivity contribution in [1.29, 1.82) is 0 Å². The Morgan fingerprint density at radius 2 is 1.65 bits per heavy atom. The number of rotatable bonds is 11. The van der Waals surface area contributed by atoms with E-state index in [4.69, 9.17) is 0 Å². The number of nitrogens with one attached hydrogen (secondary N) is 2. The number of imidazole rings is 1. The van der Waals surface area contributed by atoms with Crippen LogP contribution in [0.15, 0.2) is 24.7 Å². The highest BCUT2D eigenvalue weighted by molar-refractivity contribution is 5.92. The predicted octanol–water partition coefficient (Wildman–Crippen LogP) is 5.82. The van der Waals surface area contributed by atoms with Crippen LogP contribution < -0.4 is 10.6 Å². The highest BCUT2D eigenvalue weighted by Gasteiger charge is 2.71. The Balaban J connectivity index is 1.23. The molecule has 3 fully saturated rings. The van der Waals surface area contributed by atoms with Crippen molar-refractivity contribution in [3.63, 3.8) is 0 Å². The predicted molar refractivity (Wildman–Crippen MR) is 147 cm³/mol. The number of hydrogen-bond donors (Lipinski definition) is 2. The average Bonchev–Trinajstić information content (AvgIpc) is 3.58. The van der Waals surface area contributed by atoms with Gasteiger partial charge in [0.2, 0.25) is 11.8 Å².